The first-order valence-electron chi connectivity index (χ1n) is 9.52. The Morgan fingerprint density at radius 2 is 1.93 bits per heavy atom. The van der Waals surface area contributed by atoms with Crippen LogP contribution in [-0.2, 0) is 20.7 Å². The Labute approximate surface area is 168 Å². The second-order valence-electron chi connectivity index (χ2n) is 8.50. The highest BCUT2D eigenvalue weighted by molar-refractivity contribution is 5.89. The van der Waals surface area contributed by atoms with Crippen LogP contribution in [0, 0.1) is 22.9 Å². The summed E-state index contributed by atoms with van der Waals surface area (Å²) in [4.78, 5) is 26.3. The van der Waals surface area contributed by atoms with Crippen LogP contribution in [0.3, 0.4) is 0 Å². The Morgan fingerprint density at radius 3 is 2.59 bits per heavy atom. The molecule has 0 spiro atoms. The van der Waals surface area contributed by atoms with Crippen molar-refractivity contribution in [3.8, 4) is 0 Å². The first-order chi connectivity index (χ1) is 13.5. The van der Waals surface area contributed by atoms with Crippen molar-refractivity contribution in [2.45, 2.75) is 45.7 Å². The number of benzene rings is 1. The molecule has 9 heteroatoms. The summed E-state index contributed by atoms with van der Waals surface area (Å²) in [6.45, 7) is 7.08. The van der Waals surface area contributed by atoms with Crippen molar-refractivity contribution in [1.29, 1.82) is 0 Å². The summed E-state index contributed by atoms with van der Waals surface area (Å²) in [6.07, 6.45) is -0.304. The van der Waals surface area contributed by atoms with Crippen LogP contribution in [-0.4, -0.2) is 55.1 Å². The van der Waals surface area contributed by atoms with Gasteiger partial charge in [-0.05, 0) is 23.5 Å². The lowest BCUT2D eigenvalue weighted by atomic mass is 9.98. The van der Waals surface area contributed by atoms with Crippen LogP contribution in [0.5, 0.6) is 0 Å². The van der Waals surface area contributed by atoms with Crippen molar-refractivity contribution < 1.29 is 27.5 Å². The fourth-order valence-corrected chi connectivity index (χ4v) is 3.07. The molecule has 1 aliphatic heterocycles. The van der Waals surface area contributed by atoms with E-state index in [2.05, 4.69) is 5.32 Å². The molecule has 3 N–H and O–H groups in total. The van der Waals surface area contributed by atoms with Crippen molar-refractivity contribution in [3.05, 3.63) is 35.1 Å². The molecule has 29 heavy (non-hydrogen) atoms. The molecule has 162 valence electrons. The van der Waals surface area contributed by atoms with Gasteiger partial charge in [0, 0.05) is 31.6 Å². The number of ether oxygens (including phenoxy) is 1. The molecule has 1 fully saturated rings. The Bertz CT molecular complexity index is 752. The van der Waals surface area contributed by atoms with Crippen LogP contribution >= 0.6 is 0 Å². The van der Waals surface area contributed by atoms with Gasteiger partial charge in [-0.15, -0.1) is 0 Å². The van der Waals surface area contributed by atoms with Crippen LogP contribution < -0.4 is 11.1 Å². The summed E-state index contributed by atoms with van der Waals surface area (Å²) in [5, 5.41) is 2.71. The first-order valence-corrected chi connectivity index (χ1v) is 9.52. The maximum atomic E-state index is 13.8. The fourth-order valence-electron chi connectivity index (χ4n) is 3.07. The highest BCUT2D eigenvalue weighted by atomic mass is 19.2. The number of carbonyl (C=O) groups is 2. The standard InChI is InChI=1S/C20H28F3N3O3/c1-20(2,3)11-29-10-17-19(28)25-4-5-26(17)18(27)8-13(24)6-12-7-15(22)16(23)9-14(12)21/h7,9,13,17H,4-6,8,10-11,24H2,1-3H3,(H,25,28)/t13-,17-/m0/s1. The van der Waals surface area contributed by atoms with E-state index in [4.69, 9.17) is 10.5 Å². The molecule has 1 aromatic carbocycles. The Balaban J connectivity index is 1.99. The van der Waals surface area contributed by atoms with Gasteiger partial charge in [0.05, 0.1) is 13.2 Å². The SMILES string of the molecule is CC(C)(C)COC[C@H]1C(=O)NCCN1C(=O)C[C@@H](N)Cc1cc(F)c(F)cc1F. The van der Waals surface area contributed by atoms with Crippen LogP contribution in [0.25, 0.3) is 0 Å². The fraction of sp³-hybridized carbons (Fsp3) is 0.600. The topological polar surface area (TPSA) is 84.7 Å². The molecule has 0 saturated carbocycles. The zero-order valence-corrected chi connectivity index (χ0v) is 16.9. The van der Waals surface area contributed by atoms with E-state index in [0.29, 0.717) is 25.8 Å². The van der Waals surface area contributed by atoms with Crippen molar-refractivity contribution >= 4 is 11.8 Å². The lowest BCUT2D eigenvalue weighted by Crippen LogP contribution is -2.59. The molecule has 1 saturated heterocycles. The monoisotopic (exact) mass is 415 g/mol. The minimum absolute atomic E-state index is 0.0574. The van der Waals surface area contributed by atoms with Gasteiger partial charge in [-0.25, -0.2) is 13.2 Å². The number of nitrogens with one attached hydrogen (secondary N) is 1. The molecule has 0 aromatic heterocycles. The van der Waals surface area contributed by atoms with Crippen LogP contribution in [0.2, 0.25) is 0 Å². The third-order valence-electron chi connectivity index (χ3n) is 4.47. The van der Waals surface area contributed by atoms with E-state index in [-0.39, 0.29) is 42.2 Å². The molecule has 2 rings (SSSR count). The molecule has 1 aliphatic rings. The summed E-state index contributed by atoms with van der Waals surface area (Å²) in [5.74, 6) is -4.06. The van der Waals surface area contributed by atoms with E-state index in [1.165, 1.54) is 4.90 Å². The van der Waals surface area contributed by atoms with Crippen LogP contribution in [0.4, 0.5) is 13.2 Å². The lowest BCUT2D eigenvalue weighted by molar-refractivity contribution is -0.146. The van der Waals surface area contributed by atoms with E-state index in [9.17, 15) is 22.8 Å². The summed E-state index contributed by atoms with van der Waals surface area (Å²) in [7, 11) is 0. The van der Waals surface area contributed by atoms with Crippen molar-refractivity contribution in [3.63, 3.8) is 0 Å². The molecule has 6 nitrogen and oxygen atoms in total. The van der Waals surface area contributed by atoms with Crippen LogP contribution in [0.15, 0.2) is 12.1 Å². The predicted octanol–water partition coefficient (Wildman–Crippen LogP) is 1.75. The van der Waals surface area contributed by atoms with Gasteiger partial charge >= 0.3 is 0 Å². The molecule has 0 aliphatic carbocycles. The number of hydrogen-bond donors (Lipinski definition) is 2. The summed E-state index contributed by atoms with van der Waals surface area (Å²) >= 11 is 0. The lowest BCUT2D eigenvalue weighted by Gasteiger charge is -2.36. The molecular formula is C20H28F3N3O3. The number of rotatable bonds is 7. The largest absolute Gasteiger partial charge is 0.378 e. The van der Waals surface area contributed by atoms with Gasteiger partial charge in [0.15, 0.2) is 11.6 Å². The van der Waals surface area contributed by atoms with Gasteiger partial charge in [0.2, 0.25) is 11.8 Å². The molecule has 0 radical (unpaired) electrons. The average molecular weight is 415 g/mol. The Morgan fingerprint density at radius 1 is 1.28 bits per heavy atom. The van der Waals surface area contributed by atoms with Crippen molar-refractivity contribution in [2.24, 2.45) is 11.1 Å². The molecule has 0 bridgehead atoms. The van der Waals surface area contributed by atoms with Gasteiger partial charge in [-0.2, -0.15) is 0 Å². The van der Waals surface area contributed by atoms with Gasteiger partial charge in [0.1, 0.15) is 11.9 Å². The van der Waals surface area contributed by atoms with Crippen molar-refractivity contribution in [2.75, 3.05) is 26.3 Å². The maximum absolute atomic E-state index is 13.8. The second-order valence-corrected chi connectivity index (χ2v) is 8.50. The molecule has 0 unspecified atom stereocenters. The highest BCUT2D eigenvalue weighted by Gasteiger charge is 2.34. The van der Waals surface area contributed by atoms with Gasteiger partial charge < -0.3 is 20.7 Å². The number of nitrogens with zero attached hydrogens (tertiary/aromatic N) is 1. The highest BCUT2D eigenvalue weighted by Crippen LogP contribution is 2.18. The van der Waals surface area contributed by atoms with Crippen LogP contribution in [0.1, 0.15) is 32.8 Å². The van der Waals surface area contributed by atoms with E-state index >= 15 is 0 Å². The maximum Gasteiger partial charge on any atom is 0.245 e. The normalized spacial score (nSPS) is 18.5. The summed E-state index contributed by atoms with van der Waals surface area (Å²) < 4.78 is 45.8. The minimum Gasteiger partial charge on any atom is -0.378 e. The zero-order valence-electron chi connectivity index (χ0n) is 16.9. The average Bonchev–Trinajstić information content (AvgIpc) is 2.59. The van der Waals surface area contributed by atoms with Crippen molar-refractivity contribution in [1.82, 2.24) is 10.2 Å². The smallest absolute Gasteiger partial charge is 0.245 e. The predicted molar refractivity (Wildman–Crippen MR) is 101 cm³/mol. The van der Waals surface area contributed by atoms with E-state index in [1.54, 1.807) is 0 Å². The third-order valence-corrected chi connectivity index (χ3v) is 4.47. The molecule has 1 aromatic rings. The van der Waals surface area contributed by atoms with Gasteiger partial charge in [-0.1, -0.05) is 20.8 Å². The number of piperazine rings is 1. The Kier molecular flexibility index (Phi) is 7.65. The minimum atomic E-state index is -1.28. The number of halogens is 3. The quantitative estimate of drug-likeness (QED) is 0.665. The summed E-state index contributed by atoms with van der Waals surface area (Å²) in [6, 6.07) is -0.391. The van der Waals surface area contributed by atoms with Gasteiger partial charge in [-0.3, -0.25) is 9.59 Å². The zero-order chi connectivity index (χ0) is 21.8. The third kappa shape index (κ3) is 6.71. The molecular weight excluding hydrogens is 387 g/mol. The first kappa shape index (κ1) is 23.2. The number of carbonyl (C=O) groups excluding carboxylic acids is 2. The number of amides is 2. The molecule has 2 atom stereocenters. The summed E-state index contributed by atoms with van der Waals surface area (Å²) in [5.41, 5.74) is 5.75. The van der Waals surface area contributed by atoms with E-state index in [1.807, 2.05) is 20.8 Å². The van der Waals surface area contributed by atoms with E-state index in [0.717, 1.165) is 6.07 Å². The molecule has 2 amide bonds. The second kappa shape index (κ2) is 9.58. The number of hydrogen-bond acceptors (Lipinski definition) is 4. The Hall–Kier alpha value is -2.13. The molecule has 1 heterocycles. The van der Waals surface area contributed by atoms with E-state index < -0.39 is 29.5 Å². The number of nitrogens with two attached hydrogens (primary N) is 1. The van der Waals surface area contributed by atoms with Gasteiger partial charge in [0.25, 0.3) is 0 Å².